The van der Waals surface area contributed by atoms with E-state index in [0.717, 1.165) is 0 Å². The molecule has 3 heterocycles. The largest absolute Gasteiger partial charge is 0.478 e. The van der Waals surface area contributed by atoms with Crippen molar-refractivity contribution in [2.24, 2.45) is 7.05 Å². The molecule has 3 aromatic rings. The van der Waals surface area contributed by atoms with Gasteiger partial charge in [-0.15, -0.1) is 5.10 Å². The highest BCUT2D eigenvalue weighted by atomic mass is 16.4. The van der Waals surface area contributed by atoms with E-state index in [1.54, 1.807) is 34.9 Å². The maximum Gasteiger partial charge on any atom is 0.337 e. The molecule has 0 bridgehead atoms. The third-order valence-corrected chi connectivity index (χ3v) is 3.76. The number of rotatable bonds is 6. The van der Waals surface area contributed by atoms with Gasteiger partial charge < -0.3 is 10.4 Å². The Labute approximate surface area is 148 Å². The van der Waals surface area contributed by atoms with E-state index in [9.17, 15) is 9.59 Å². The van der Waals surface area contributed by atoms with Crippen molar-refractivity contribution in [3.63, 3.8) is 0 Å². The van der Waals surface area contributed by atoms with Gasteiger partial charge in [-0.25, -0.2) is 9.48 Å². The maximum atomic E-state index is 12.0. The number of nitrogens with zero attached hydrogens (tertiary/aromatic N) is 6. The van der Waals surface area contributed by atoms with Gasteiger partial charge in [-0.3, -0.25) is 14.5 Å². The van der Waals surface area contributed by atoms with Gasteiger partial charge in [0, 0.05) is 26.0 Å². The second-order valence-corrected chi connectivity index (χ2v) is 5.78. The number of carboxylic acids is 1. The zero-order valence-corrected chi connectivity index (χ0v) is 14.2. The molecule has 0 radical (unpaired) electrons. The fourth-order valence-corrected chi connectivity index (χ4v) is 2.26. The van der Waals surface area contributed by atoms with Crippen molar-refractivity contribution < 1.29 is 14.7 Å². The standard InChI is InChI=1S/C16H17N7O3/c1-10(5-18-15(24)12-7-19-22(2)8-12)23-9-14(20-21-23)13-4-3-11(6-17-13)16(25)26/h3-4,6-10H,5H2,1-2H3,(H,18,24)(H,25,26)/t10-/m0/s1. The molecule has 0 aliphatic rings. The average molecular weight is 355 g/mol. The summed E-state index contributed by atoms with van der Waals surface area (Å²) in [4.78, 5) is 27.0. The van der Waals surface area contributed by atoms with E-state index in [4.69, 9.17) is 5.11 Å². The van der Waals surface area contributed by atoms with Crippen molar-refractivity contribution in [3.8, 4) is 11.4 Å². The van der Waals surface area contributed by atoms with E-state index in [0.29, 0.717) is 23.5 Å². The molecule has 1 amide bonds. The van der Waals surface area contributed by atoms with Crippen LogP contribution < -0.4 is 5.32 Å². The highest BCUT2D eigenvalue weighted by Gasteiger charge is 2.13. The van der Waals surface area contributed by atoms with Gasteiger partial charge in [0.1, 0.15) is 5.69 Å². The SMILES string of the molecule is C[C@@H](CNC(=O)c1cnn(C)c1)n1cc(-c2ccc(C(=O)O)cn2)nn1. The van der Waals surface area contributed by atoms with Crippen LogP contribution in [0, 0.1) is 0 Å². The normalized spacial score (nSPS) is 11.9. The van der Waals surface area contributed by atoms with Crippen molar-refractivity contribution >= 4 is 11.9 Å². The van der Waals surface area contributed by atoms with Gasteiger partial charge in [0.15, 0.2) is 0 Å². The number of amides is 1. The summed E-state index contributed by atoms with van der Waals surface area (Å²) in [5.74, 6) is -1.25. The average Bonchev–Trinajstić information content (AvgIpc) is 3.29. The van der Waals surface area contributed by atoms with Crippen molar-refractivity contribution in [2.75, 3.05) is 6.54 Å². The molecule has 0 fully saturated rings. The smallest absolute Gasteiger partial charge is 0.337 e. The molecule has 3 aromatic heterocycles. The summed E-state index contributed by atoms with van der Waals surface area (Å²) >= 11 is 0. The van der Waals surface area contributed by atoms with Crippen LogP contribution in [0.3, 0.4) is 0 Å². The molecule has 2 N–H and O–H groups in total. The van der Waals surface area contributed by atoms with Gasteiger partial charge >= 0.3 is 5.97 Å². The highest BCUT2D eigenvalue weighted by molar-refractivity contribution is 5.93. The van der Waals surface area contributed by atoms with Gasteiger partial charge in [0.2, 0.25) is 0 Å². The minimum absolute atomic E-state index is 0.104. The van der Waals surface area contributed by atoms with Crippen LogP contribution in [0.25, 0.3) is 11.4 Å². The van der Waals surface area contributed by atoms with Crippen LogP contribution in [-0.2, 0) is 7.05 Å². The molecule has 26 heavy (non-hydrogen) atoms. The van der Waals surface area contributed by atoms with Crippen molar-refractivity contribution in [1.82, 2.24) is 35.1 Å². The lowest BCUT2D eigenvalue weighted by Crippen LogP contribution is -2.29. The zero-order chi connectivity index (χ0) is 18.7. The van der Waals surface area contributed by atoms with E-state index in [-0.39, 0.29) is 17.5 Å². The highest BCUT2D eigenvalue weighted by Crippen LogP contribution is 2.15. The number of hydrogen-bond acceptors (Lipinski definition) is 6. The second-order valence-electron chi connectivity index (χ2n) is 5.78. The number of carbonyl (C=O) groups excluding carboxylic acids is 1. The molecule has 0 saturated heterocycles. The number of hydrogen-bond donors (Lipinski definition) is 2. The molecule has 3 rings (SSSR count). The van der Waals surface area contributed by atoms with E-state index in [2.05, 4.69) is 25.7 Å². The lowest BCUT2D eigenvalue weighted by atomic mass is 10.2. The number of pyridine rings is 1. The Morgan fingerprint density at radius 3 is 2.62 bits per heavy atom. The molecule has 0 aliphatic carbocycles. The van der Waals surface area contributed by atoms with Gasteiger partial charge in [-0.05, 0) is 19.1 Å². The molecule has 0 aliphatic heterocycles. The van der Waals surface area contributed by atoms with Gasteiger partial charge in [0.25, 0.3) is 5.91 Å². The number of carbonyl (C=O) groups is 2. The van der Waals surface area contributed by atoms with Crippen LogP contribution in [-0.4, -0.2) is 53.3 Å². The number of aromatic nitrogens is 6. The van der Waals surface area contributed by atoms with Crippen molar-refractivity contribution in [2.45, 2.75) is 13.0 Å². The third-order valence-electron chi connectivity index (χ3n) is 3.76. The summed E-state index contributed by atoms with van der Waals surface area (Å²) in [6.07, 6.45) is 6.11. The Bertz CT molecular complexity index is 929. The van der Waals surface area contributed by atoms with Gasteiger partial charge in [0.05, 0.1) is 35.3 Å². The maximum absolute atomic E-state index is 12.0. The fourth-order valence-electron chi connectivity index (χ4n) is 2.26. The van der Waals surface area contributed by atoms with E-state index in [1.165, 1.54) is 18.5 Å². The van der Waals surface area contributed by atoms with Gasteiger partial charge in [-0.1, -0.05) is 5.21 Å². The van der Waals surface area contributed by atoms with Crippen LogP contribution in [0.5, 0.6) is 0 Å². The molecule has 0 aromatic carbocycles. The van der Waals surface area contributed by atoms with Crippen LogP contribution in [0.15, 0.2) is 36.9 Å². The fraction of sp³-hybridized carbons (Fsp3) is 0.250. The molecule has 10 nitrogen and oxygen atoms in total. The third kappa shape index (κ3) is 3.74. The predicted octanol–water partition coefficient (Wildman–Crippen LogP) is 0.763. The van der Waals surface area contributed by atoms with Gasteiger partial charge in [-0.2, -0.15) is 5.10 Å². The van der Waals surface area contributed by atoms with E-state index >= 15 is 0 Å². The Balaban J connectivity index is 1.63. The minimum atomic E-state index is -1.04. The lowest BCUT2D eigenvalue weighted by molar-refractivity contribution is 0.0696. The van der Waals surface area contributed by atoms with Crippen LogP contribution in [0.1, 0.15) is 33.7 Å². The quantitative estimate of drug-likeness (QED) is 0.668. The second kappa shape index (κ2) is 7.13. The summed E-state index contributed by atoms with van der Waals surface area (Å²) in [6, 6.07) is 2.91. The molecule has 1 atom stereocenters. The minimum Gasteiger partial charge on any atom is -0.478 e. The first-order valence-electron chi connectivity index (χ1n) is 7.82. The first kappa shape index (κ1) is 17.3. The topological polar surface area (TPSA) is 128 Å². The summed E-state index contributed by atoms with van der Waals surface area (Å²) in [5.41, 5.74) is 1.63. The summed E-state index contributed by atoms with van der Waals surface area (Å²) < 4.78 is 3.18. The van der Waals surface area contributed by atoms with E-state index < -0.39 is 5.97 Å². The molecule has 10 heteroatoms. The van der Waals surface area contributed by atoms with Crippen LogP contribution >= 0.6 is 0 Å². The first-order chi connectivity index (χ1) is 12.4. The monoisotopic (exact) mass is 355 g/mol. The molecular weight excluding hydrogens is 338 g/mol. The molecule has 134 valence electrons. The van der Waals surface area contributed by atoms with Crippen LogP contribution in [0.2, 0.25) is 0 Å². The zero-order valence-electron chi connectivity index (χ0n) is 14.2. The van der Waals surface area contributed by atoms with Crippen LogP contribution in [0.4, 0.5) is 0 Å². The number of aromatic carboxylic acids is 1. The summed E-state index contributed by atoms with van der Waals surface area (Å²) in [7, 11) is 1.74. The molecular formula is C16H17N7O3. The Kier molecular flexibility index (Phi) is 4.74. The van der Waals surface area contributed by atoms with E-state index in [1.807, 2.05) is 6.92 Å². The number of aryl methyl sites for hydroxylation is 1. The lowest BCUT2D eigenvalue weighted by Gasteiger charge is -2.11. The Morgan fingerprint density at radius 2 is 2.00 bits per heavy atom. The summed E-state index contributed by atoms with van der Waals surface area (Å²) in [5, 5.41) is 23.8. The molecule has 0 saturated carbocycles. The first-order valence-corrected chi connectivity index (χ1v) is 7.82. The van der Waals surface area contributed by atoms with Crippen molar-refractivity contribution in [3.05, 3.63) is 48.0 Å². The number of nitrogens with one attached hydrogen (secondary N) is 1. The summed E-state index contributed by atoms with van der Waals surface area (Å²) in [6.45, 7) is 2.25. The predicted molar refractivity (Wildman–Crippen MR) is 90.5 cm³/mol. The van der Waals surface area contributed by atoms with Crippen molar-refractivity contribution in [1.29, 1.82) is 0 Å². The molecule has 0 unspecified atom stereocenters. The number of carboxylic acid groups (broad SMARTS) is 1. The Hall–Kier alpha value is -3.56. The Morgan fingerprint density at radius 1 is 1.19 bits per heavy atom. The molecule has 0 spiro atoms.